The lowest BCUT2D eigenvalue weighted by atomic mass is 10.0. The molecule has 30 heavy (non-hydrogen) atoms. The Morgan fingerprint density at radius 1 is 1.37 bits per heavy atom. The topological polar surface area (TPSA) is 77.7 Å². The van der Waals surface area contributed by atoms with E-state index in [4.69, 9.17) is 32.7 Å². The van der Waals surface area contributed by atoms with Crippen molar-refractivity contribution in [2.45, 2.75) is 20.3 Å². The van der Waals surface area contributed by atoms with Crippen LogP contribution in [0.2, 0.25) is 10.0 Å². The molecule has 0 spiro atoms. The van der Waals surface area contributed by atoms with Gasteiger partial charge in [-0.25, -0.2) is 0 Å². The molecule has 0 saturated carbocycles. The van der Waals surface area contributed by atoms with Gasteiger partial charge in [-0.15, -0.1) is 0 Å². The van der Waals surface area contributed by atoms with Crippen molar-refractivity contribution in [2.24, 2.45) is 18.0 Å². The number of benzene rings is 1. The molecule has 2 heterocycles. The Morgan fingerprint density at radius 2 is 2.07 bits per heavy atom. The smallest absolute Gasteiger partial charge is 0.277 e. The van der Waals surface area contributed by atoms with Crippen LogP contribution in [-0.4, -0.2) is 28.7 Å². The van der Waals surface area contributed by atoms with E-state index in [1.54, 1.807) is 25.4 Å². The average Bonchev–Trinajstić information content (AvgIpc) is 3.29. The van der Waals surface area contributed by atoms with E-state index in [-0.39, 0.29) is 29.1 Å². The first-order chi connectivity index (χ1) is 14.3. The van der Waals surface area contributed by atoms with Gasteiger partial charge < -0.3 is 14.8 Å². The summed E-state index contributed by atoms with van der Waals surface area (Å²) in [7, 11) is 1.68. The second-order valence-electron chi connectivity index (χ2n) is 6.86. The predicted octanol–water partition coefficient (Wildman–Crippen LogP) is 4.86. The van der Waals surface area contributed by atoms with Gasteiger partial charge in [0.2, 0.25) is 6.79 Å². The van der Waals surface area contributed by atoms with E-state index >= 15 is 0 Å². The molecular weight excluding hydrogens is 427 g/mol. The SMILES string of the molecule is C=C(C=NC(=CC(C)CC)c1cc2c(cc1Cl)OCO2)NC(=O)c1nn(C)cc1Cl. The van der Waals surface area contributed by atoms with Crippen molar-refractivity contribution in [3.8, 4) is 11.5 Å². The number of hydrogen-bond acceptors (Lipinski definition) is 5. The standard InChI is InChI=1S/C21H22Cl2N4O3/c1-5-12(2)6-17(14-7-18-19(8-15(14)22)30-11-29-18)24-9-13(3)25-21(28)20-16(23)10-27(4)26-20/h6-10,12H,3,5,11H2,1-2,4H3,(H,25,28). The molecule has 3 rings (SSSR count). The van der Waals surface area contributed by atoms with Crippen LogP contribution < -0.4 is 14.8 Å². The van der Waals surface area contributed by atoms with Crippen LogP contribution in [0.3, 0.4) is 0 Å². The molecule has 1 unspecified atom stereocenters. The highest BCUT2D eigenvalue weighted by molar-refractivity contribution is 6.33. The molecule has 1 aromatic heterocycles. The summed E-state index contributed by atoms with van der Waals surface area (Å²) in [4.78, 5) is 16.9. The Hall–Kier alpha value is -2.77. The molecule has 0 fully saturated rings. The van der Waals surface area contributed by atoms with Crippen LogP contribution in [0.1, 0.15) is 36.3 Å². The first-order valence-electron chi connectivity index (χ1n) is 9.33. The van der Waals surface area contributed by atoms with Crippen molar-refractivity contribution >= 4 is 41.0 Å². The molecule has 9 heteroatoms. The quantitative estimate of drug-likeness (QED) is 0.613. The molecule has 1 N–H and O–H groups in total. The van der Waals surface area contributed by atoms with Gasteiger partial charge in [0, 0.05) is 24.9 Å². The first-order valence-corrected chi connectivity index (χ1v) is 10.1. The highest BCUT2D eigenvalue weighted by Crippen LogP contribution is 2.39. The van der Waals surface area contributed by atoms with Crippen LogP contribution in [0, 0.1) is 5.92 Å². The van der Waals surface area contributed by atoms with Gasteiger partial charge in [-0.1, -0.05) is 56.1 Å². The molecule has 1 amide bonds. The molecular formula is C21H22Cl2N4O3. The summed E-state index contributed by atoms with van der Waals surface area (Å²) in [5.41, 5.74) is 1.74. The van der Waals surface area contributed by atoms with Crippen LogP contribution in [-0.2, 0) is 7.05 Å². The van der Waals surface area contributed by atoms with Crippen molar-refractivity contribution in [3.05, 3.63) is 58.0 Å². The number of aryl methyl sites for hydroxylation is 1. The Kier molecular flexibility index (Phi) is 6.84. The molecule has 1 atom stereocenters. The Bertz CT molecular complexity index is 1040. The third-order valence-electron chi connectivity index (χ3n) is 4.46. The summed E-state index contributed by atoms with van der Waals surface area (Å²) in [5, 5.41) is 7.41. The van der Waals surface area contributed by atoms with Crippen LogP contribution in [0.25, 0.3) is 5.70 Å². The molecule has 2 aromatic rings. The number of aliphatic imine (C=N–C) groups is 1. The summed E-state index contributed by atoms with van der Waals surface area (Å²) >= 11 is 12.5. The van der Waals surface area contributed by atoms with E-state index in [9.17, 15) is 4.79 Å². The molecule has 0 bridgehead atoms. The highest BCUT2D eigenvalue weighted by Gasteiger charge is 2.19. The third kappa shape index (κ3) is 5.04. The molecule has 1 aliphatic heterocycles. The monoisotopic (exact) mass is 448 g/mol. The maximum atomic E-state index is 12.4. The zero-order valence-electron chi connectivity index (χ0n) is 16.9. The van der Waals surface area contributed by atoms with E-state index in [0.29, 0.717) is 27.8 Å². The van der Waals surface area contributed by atoms with Crippen molar-refractivity contribution in [2.75, 3.05) is 6.79 Å². The number of carbonyl (C=O) groups excluding carboxylic acids is 1. The zero-order valence-corrected chi connectivity index (χ0v) is 18.4. The van der Waals surface area contributed by atoms with E-state index in [1.807, 2.05) is 6.08 Å². The number of halogens is 2. The van der Waals surface area contributed by atoms with Gasteiger partial charge in [0.15, 0.2) is 17.2 Å². The number of nitrogens with one attached hydrogen (secondary N) is 1. The highest BCUT2D eigenvalue weighted by atomic mass is 35.5. The number of ether oxygens (including phenoxy) is 2. The summed E-state index contributed by atoms with van der Waals surface area (Å²) in [6, 6.07) is 3.50. The molecule has 158 valence electrons. The Labute approximate surface area is 185 Å². The molecule has 0 radical (unpaired) electrons. The van der Waals surface area contributed by atoms with Gasteiger partial charge in [0.1, 0.15) is 0 Å². The summed E-state index contributed by atoms with van der Waals surface area (Å²) in [5.74, 6) is 0.996. The van der Waals surface area contributed by atoms with Crippen molar-refractivity contribution in [1.82, 2.24) is 15.1 Å². The number of rotatable bonds is 7. The van der Waals surface area contributed by atoms with Crippen LogP contribution in [0.15, 0.2) is 41.7 Å². The van der Waals surface area contributed by atoms with Crippen LogP contribution in [0.5, 0.6) is 11.5 Å². The van der Waals surface area contributed by atoms with E-state index in [2.05, 4.69) is 35.8 Å². The molecule has 1 aliphatic rings. The average molecular weight is 449 g/mol. The summed E-state index contributed by atoms with van der Waals surface area (Å²) in [6.07, 6.45) is 5.94. The van der Waals surface area contributed by atoms with Crippen molar-refractivity contribution in [1.29, 1.82) is 0 Å². The Morgan fingerprint density at radius 3 is 2.70 bits per heavy atom. The van der Waals surface area contributed by atoms with E-state index < -0.39 is 5.91 Å². The zero-order chi connectivity index (χ0) is 21.8. The Balaban J connectivity index is 1.83. The number of carbonyl (C=O) groups is 1. The fourth-order valence-electron chi connectivity index (χ4n) is 2.70. The molecule has 0 aliphatic carbocycles. The number of hydrogen-bond donors (Lipinski definition) is 1. The van der Waals surface area contributed by atoms with Gasteiger partial charge in [-0.05, 0) is 12.0 Å². The predicted molar refractivity (Wildman–Crippen MR) is 118 cm³/mol. The lowest BCUT2D eigenvalue weighted by Crippen LogP contribution is -2.23. The van der Waals surface area contributed by atoms with Gasteiger partial charge >= 0.3 is 0 Å². The fraction of sp³-hybridized carbons (Fsp3) is 0.286. The fourth-order valence-corrected chi connectivity index (χ4v) is 3.22. The van der Waals surface area contributed by atoms with Crippen molar-refractivity contribution in [3.63, 3.8) is 0 Å². The van der Waals surface area contributed by atoms with Crippen LogP contribution >= 0.6 is 23.2 Å². The van der Waals surface area contributed by atoms with Gasteiger partial charge in [-0.3, -0.25) is 14.5 Å². The maximum absolute atomic E-state index is 12.4. The number of nitrogens with zero attached hydrogens (tertiary/aromatic N) is 3. The summed E-state index contributed by atoms with van der Waals surface area (Å²) < 4.78 is 12.3. The third-order valence-corrected chi connectivity index (χ3v) is 5.05. The van der Waals surface area contributed by atoms with Gasteiger partial charge in [0.05, 0.1) is 27.7 Å². The summed E-state index contributed by atoms with van der Waals surface area (Å²) in [6.45, 7) is 8.15. The van der Waals surface area contributed by atoms with Gasteiger partial charge in [0.25, 0.3) is 5.91 Å². The normalized spacial score (nSPS) is 14.2. The van der Waals surface area contributed by atoms with E-state index in [1.165, 1.54) is 10.9 Å². The molecule has 7 nitrogen and oxygen atoms in total. The number of allylic oxidation sites excluding steroid dienone is 2. The minimum absolute atomic E-state index is 0.114. The number of amides is 1. The lowest BCUT2D eigenvalue weighted by molar-refractivity contribution is 0.0963. The van der Waals surface area contributed by atoms with E-state index in [0.717, 1.165) is 6.42 Å². The first kappa shape index (κ1) is 21.9. The van der Waals surface area contributed by atoms with Crippen LogP contribution in [0.4, 0.5) is 0 Å². The minimum atomic E-state index is -0.467. The molecule has 1 aromatic carbocycles. The lowest BCUT2D eigenvalue weighted by Gasteiger charge is -2.10. The second-order valence-corrected chi connectivity index (χ2v) is 7.67. The maximum Gasteiger partial charge on any atom is 0.277 e. The minimum Gasteiger partial charge on any atom is -0.454 e. The molecule has 0 saturated heterocycles. The van der Waals surface area contributed by atoms with Crippen molar-refractivity contribution < 1.29 is 14.3 Å². The largest absolute Gasteiger partial charge is 0.454 e. The number of fused-ring (bicyclic) bond motifs is 1. The number of aromatic nitrogens is 2. The second kappa shape index (κ2) is 9.36. The van der Waals surface area contributed by atoms with Gasteiger partial charge in [-0.2, -0.15) is 5.10 Å².